The molecule has 0 atom stereocenters. The van der Waals surface area contributed by atoms with Gasteiger partial charge in [0.05, 0.1) is 20.5 Å². The molecule has 1 rings (SSSR count). The van der Waals surface area contributed by atoms with Crippen molar-refractivity contribution in [3.05, 3.63) is 35.4 Å². The molecule has 0 bridgehead atoms. The van der Waals surface area contributed by atoms with Gasteiger partial charge in [0.2, 0.25) is 0 Å². The Kier molecular flexibility index (Phi) is 4.76. The minimum Gasteiger partial charge on any atom is -0.465 e. The maximum atomic E-state index is 11.1. The number of carbonyl (C=O) groups excluding carboxylic acids is 1. The number of hydrogen-bond donors (Lipinski definition) is 0. The molecule has 0 aliphatic carbocycles. The molecule has 0 aliphatic rings. The van der Waals surface area contributed by atoms with Gasteiger partial charge in [-0.15, -0.1) is 0 Å². The van der Waals surface area contributed by atoms with Crippen molar-refractivity contribution in [3.8, 4) is 23.7 Å². The van der Waals surface area contributed by atoms with Crippen molar-refractivity contribution in [1.29, 1.82) is 0 Å². The van der Waals surface area contributed by atoms with E-state index in [0.29, 0.717) is 11.9 Å². The van der Waals surface area contributed by atoms with Gasteiger partial charge in [-0.05, 0) is 42.4 Å². The van der Waals surface area contributed by atoms with Gasteiger partial charge in [0.25, 0.3) is 0 Å². The molecule has 3 heteroatoms. The van der Waals surface area contributed by atoms with E-state index < -0.39 is 0 Å². The number of methoxy groups -OCH3 is 1. The molecule has 0 aliphatic heterocycles. The SMILES string of the molecule is [B]CC#CC#Cc1ccc(C(=O)OC)cc1. The van der Waals surface area contributed by atoms with E-state index in [4.69, 9.17) is 7.85 Å². The molecule has 16 heavy (non-hydrogen) atoms. The zero-order valence-electron chi connectivity index (χ0n) is 8.91. The van der Waals surface area contributed by atoms with Gasteiger partial charge in [-0.3, -0.25) is 0 Å². The number of carbonyl (C=O) groups is 1. The summed E-state index contributed by atoms with van der Waals surface area (Å²) >= 11 is 0. The normalized spacial score (nSPS) is 8.06. The quantitative estimate of drug-likeness (QED) is 0.396. The Labute approximate surface area is 96.4 Å². The lowest BCUT2D eigenvalue weighted by Crippen LogP contribution is -2.00. The van der Waals surface area contributed by atoms with E-state index in [1.54, 1.807) is 24.3 Å². The first kappa shape index (κ1) is 11.9. The standard InChI is InChI=1S/C13H9BO2/c1-16-13(15)12-8-6-11(7-9-12)5-3-2-4-10-14/h6-9H,10H2,1H3. The first-order valence-corrected chi connectivity index (χ1v) is 4.65. The summed E-state index contributed by atoms with van der Waals surface area (Å²) in [6, 6.07) is 6.80. The molecule has 1 aromatic carbocycles. The number of esters is 1. The fraction of sp³-hybridized carbons (Fsp3) is 0.154. The third-order valence-corrected chi connectivity index (χ3v) is 1.77. The predicted molar refractivity (Wildman–Crippen MR) is 63.0 cm³/mol. The van der Waals surface area contributed by atoms with Crippen molar-refractivity contribution in [2.24, 2.45) is 0 Å². The van der Waals surface area contributed by atoms with Gasteiger partial charge in [-0.2, -0.15) is 0 Å². The van der Waals surface area contributed by atoms with Crippen LogP contribution in [0.2, 0.25) is 6.32 Å². The highest BCUT2D eigenvalue weighted by atomic mass is 16.5. The summed E-state index contributed by atoms with van der Waals surface area (Å²) in [4.78, 5) is 11.1. The van der Waals surface area contributed by atoms with Crippen molar-refractivity contribution >= 4 is 13.8 Å². The lowest BCUT2D eigenvalue weighted by molar-refractivity contribution is 0.0601. The number of ether oxygens (including phenoxy) is 1. The highest BCUT2D eigenvalue weighted by Crippen LogP contribution is 2.04. The van der Waals surface area contributed by atoms with Crippen molar-refractivity contribution in [3.63, 3.8) is 0 Å². The van der Waals surface area contributed by atoms with Gasteiger partial charge in [-0.1, -0.05) is 11.8 Å². The van der Waals surface area contributed by atoms with Gasteiger partial charge in [0.1, 0.15) is 0 Å². The van der Waals surface area contributed by atoms with Crippen molar-refractivity contribution < 1.29 is 9.53 Å². The Morgan fingerprint density at radius 3 is 2.56 bits per heavy atom. The molecule has 0 amide bonds. The zero-order chi connectivity index (χ0) is 11.8. The second kappa shape index (κ2) is 6.38. The summed E-state index contributed by atoms with van der Waals surface area (Å²) in [6.45, 7) is 0. The summed E-state index contributed by atoms with van der Waals surface area (Å²) in [6.07, 6.45) is 0.302. The summed E-state index contributed by atoms with van der Waals surface area (Å²) in [5.41, 5.74) is 1.29. The van der Waals surface area contributed by atoms with Gasteiger partial charge in [0, 0.05) is 5.56 Å². The van der Waals surface area contributed by atoms with Crippen molar-refractivity contribution in [2.45, 2.75) is 6.32 Å². The molecular formula is C13H9BO2. The van der Waals surface area contributed by atoms with Crippen LogP contribution in [0, 0.1) is 23.7 Å². The van der Waals surface area contributed by atoms with Crippen LogP contribution in [0.25, 0.3) is 0 Å². The molecule has 1 aromatic rings. The first-order valence-electron chi connectivity index (χ1n) is 4.65. The van der Waals surface area contributed by atoms with Crippen LogP contribution >= 0.6 is 0 Å². The van der Waals surface area contributed by atoms with Crippen molar-refractivity contribution in [2.75, 3.05) is 7.11 Å². The van der Waals surface area contributed by atoms with Crippen molar-refractivity contribution in [1.82, 2.24) is 0 Å². The first-order chi connectivity index (χ1) is 7.77. The van der Waals surface area contributed by atoms with E-state index in [0.717, 1.165) is 5.56 Å². The monoisotopic (exact) mass is 208 g/mol. The number of hydrogen-bond acceptors (Lipinski definition) is 2. The second-order valence-corrected chi connectivity index (χ2v) is 2.82. The van der Waals surface area contributed by atoms with Crippen LogP contribution in [-0.4, -0.2) is 20.9 Å². The van der Waals surface area contributed by atoms with Gasteiger partial charge >= 0.3 is 5.97 Å². The lowest BCUT2D eigenvalue weighted by atomic mass is 10.1. The van der Waals surface area contributed by atoms with Crippen LogP contribution in [0.15, 0.2) is 24.3 Å². The second-order valence-electron chi connectivity index (χ2n) is 2.82. The van der Waals surface area contributed by atoms with Crippen LogP contribution in [-0.2, 0) is 4.74 Å². The smallest absolute Gasteiger partial charge is 0.337 e. The minimum atomic E-state index is -0.359. The van der Waals surface area contributed by atoms with Gasteiger partial charge < -0.3 is 4.74 Å². The van der Waals surface area contributed by atoms with Crippen LogP contribution in [0.3, 0.4) is 0 Å². The van der Waals surface area contributed by atoms with Crippen LogP contribution < -0.4 is 0 Å². The maximum absolute atomic E-state index is 11.1. The predicted octanol–water partition coefficient (Wildman–Crippen LogP) is 1.41. The molecule has 0 heterocycles. The van der Waals surface area contributed by atoms with E-state index in [2.05, 4.69) is 28.4 Å². The van der Waals surface area contributed by atoms with Crippen LogP contribution in [0.4, 0.5) is 0 Å². The molecule has 0 spiro atoms. The van der Waals surface area contributed by atoms with Crippen LogP contribution in [0.1, 0.15) is 15.9 Å². The Bertz CT molecular complexity index is 481. The van der Waals surface area contributed by atoms with E-state index in [9.17, 15) is 4.79 Å². The van der Waals surface area contributed by atoms with E-state index in [1.165, 1.54) is 7.11 Å². The molecule has 0 saturated carbocycles. The Morgan fingerprint density at radius 2 is 2.00 bits per heavy atom. The largest absolute Gasteiger partial charge is 0.465 e. The summed E-state index contributed by atoms with van der Waals surface area (Å²) < 4.78 is 4.58. The fourth-order valence-electron chi connectivity index (χ4n) is 1.01. The number of benzene rings is 1. The Balaban J connectivity index is 2.78. The average Bonchev–Trinajstić information content (AvgIpc) is 2.34. The molecular weight excluding hydrogens is 199 g/mol. The minimum absolute atomic E-state index is 0.302. The molecule has 0 aromatic heterocycles. The Hall–Kier alpha value is -2.13. The van der Waals surface area contributed by atoms with E-state index >= 15 is 0 Å². The lowest BCUT2D eigenvalue weighted by Gasteiger charge is -1.97. The molecule has 0 N–H and O–H groups in total. The maximum Gasteiger partial charge on any atom is 0.337 e. The van der Waals surface area contributed by atoms with Gasteiger partial charge in [-0.25, -0.2) is 4.79 Å². The topological polar surface area (TPSA) is 26.3 Å². The third-order valence-electron chi connectivity index (χ3n) is 1.77. The fourth-order valence-corrected chi connectivity index (χ4v) is 1.01. The van der Waals surface area contributed by atoms with E-state index in [-0.39, 0.29) is 5.97 Å². The summed E-state index contributed by atoms with van der Waals surface area (Å²) in [5, 5.41) is 0. The molecule has 0 saturated heterocycles. The average molecular weight is 208 g/mol. The highest BCUT2D eigenvalue weighted by molar-refractivity contribution is 6.10. The molecule has 76 valence electrons. The number of rotatable bonds is 1. The molecule has 0 unspecified atom stereocenters. The summed E-state index contributed by atoms with van der Waals surface area (Å²) in [7, 11) is 6.53. The van der Waals surface area contributed by atoms with Gasteiger partial charge in [0.15, 0.2) is 0 Å². The Morgan fingerprint density at radius 1 is 1.31 bits per heavy atom. The van der Waals surface area contributed by atoms with Crippen LogP contribution in [0.5, 0.6) is 0 Å². The summed E-state index contributed by atoms with van der Waals surface area (Å²) in [5.74, 6) is 10.4. The highest BCUT2D eigenvalue weighted by Gasteiger charge is 2.02. The van der Waals surface area contributed by atoms with E-state index in [1.807, 2.05) is 0 Å². The third kappa shape index (κ3) is 3.56. The molecule has 0 fully saturated rings. The zero-order valence-corrected chi connectivity index (χ0v) is 8.91. The molecule has 2 radical (unpaired) electrons. The molecule has 2 nitrogen and oxygen atoms in total.